The summed E-state index contributed by atoms with van der Waals surface area (Å²) >= 11 is 0. The van der Waals surface area contributed by atoms with Crippen LogP contribution < -0.4 is 5.32 Å². The second-order valence-corrected chi connectivity index (χ2v) is 5.55. The fraction of sp³-hybridized carbons (Fsp3) is 0.538. The number of nitrogens with zero attached hydrogens (tertiary/aromatic N) is 2. The first-order chi connectivity index (χ1) is 11.7. The van der Waals surface area contributed by atoms with Crippen molar-refractivity contribution in [2.45, 2.75) is 37.6 Å². The van der Waals surface area contributed by atoms with Crippen LogP contribution in [0.3, 0.4) is 0 Å². The lowest BCUT2D eigenvalue weighted by Gasteiger charge is -2.40. The molecule has 138 valence electrons. The number of anilines is 1. The Morgan fingerprint density at radius 3 is 2.04 bits per heavy atom. The summed E-state index contributed by atoms with van der Waals surface area (Å²) in [5, 5.41) is 63.2. The van der Waals surface area contributed by atoms with E-state index in [0.29, 0.717) is 0 Å². The van der Waals surface area contributed by atoms with Crippen molar-refractivity contribution in [1.82, 2.24) is 0 Å². The molecule has 5 unspecified atom stereocenters. The van der Waals surface area contributed by atoms with Gasteiger partial charge in [0.25, 0.3) is 11.4 Å². The second-order valence-electron chi connectivity index (χ2n) is 5.55. The molecule has 1 aromatic rings. The molecule has 1 saturated heterocycles. The average molecular weight is 359 g/mol. The van der Waals surface area contributed by atoms with Gasteiger partial charge in [-0.1, -0.05) is 0 Å². The first-order valence-corrected chi connectivity index (χ1v) is 7.17. The van der Waals surface area contributed by atoms with Gasteiger partial charge < -0.3 is 30.5 Å². The van der Waals surface area contributed by atoms with E-state index in [2.05, 4.69) is 5.32 Å². The van der Waals surface area contributed by atoms with E-state index in [0.717, 1.165) is 12.1 Å². The molecule has 1 aliphatic rings. The molecule has 0 bridgehead atoms. The topological polar surface area (TPSA) is 188 Å². The highest BCUT2D eigenvalue weighted by molar-refractivity contribution is 5.64. The van der Waals surface area contributed by atoms with Crippen molar-refractivity contribution in [3.05, 3.63) is 37.9 Å². The Morgan fingerprint density at radius 1 is 1.08 bits per heavy atom. The number of aliphatic hydroxyl groups is 4. The lowest BCUT2D eigenvalue weighted by molar-refractivity contribution is -0.395. The van der Waals surface area contributed by atoms with E-state index < -0.39 is 58.5 Å². The predicted octanol–water partition coefficient (Wildman–Crippen LogP) is -0.977. The lowest BCUT2D eigenvalue weighted by Crippen LogP contribution is -2.60. The third kappa shape index (κ3) is 3.67. The maximum Gasteiger partial charge on any atom is 0.281 e. The molecular weight excluding hydrogens is 342 g/mol. The van der Waals surface area contributed by atoms with Crippen LogP contribution in [-0.2, 0) is 4.74 Å². The minimum atomic E-state index is -1.65. The van der Waals surface area contributed by atoms with E-state index in [9.17, 15) is 35.5 Å². The highest BCUT2D eigenvalue weighted by atomic mass is 16.6. The van der Waals surface area contributed by atoms with Crippen LogP contribution in [0.15, 0.2) is 12.1 Å². The van der Waals surface area contributed by atoms with Gasteiger partial charge >= 0.3 is 0 Å². The number of nitro benzene ring substituents is 2. The summed E-state index contributed by atoms with van der Waals surface area (Å²) in [7, 11) is 0. The van der Waals surface area contributed by atoms with Crippen molar-refractivity contribution >= 4 is 17.1 Å². The van der Waals surface area contributed by atoms with Crippen molar-refractivity contribution in [2.75, 3.05) is 11.9 Å². The number of ether oxygens (including phenoxy) is 1. The van der Waals surface area contributed by atoms with Gasteiger partial charge in [-0.15, -0.1) is 0 Å². The van der Waals surface area contributed by atoms with Crippen LogP contribution in [0.4, 0.5) is 17.1 Å². The van der Waals surface area contributed by atoms with Gasteiger partial charge in [-0.25, -0.2) is 0 Å². The van der Waals surface area contributed by atoms with E-state index in [1.807, 2.05) is 0 Å². The lowest BCUT2D eigenvalue weighted by atomic mass is 9.98. The number of hydrogen-bond donors (Lipinski definition) is 5. The normalized spacial score (nSPS) is 29.2. The second kappa shape index (κ2) is 7.25. The summed E-state index contributed by atoms with van der Waals surface area (Å²) in [6.07, 6.45) is -7.42. The minimum Gasteiger partial charge on any atom is -0.394 e. The number of hydrogen-bond acceptors (Lipinski definition) is 10. The molecule has 0 amide bonds. The van der Waals surface area contributed by atoms with Gasteiger partial charge in [0.2, 0.25) is 0 Å². The fourth-order valence-electron chi connectivity index (χ4n) is 2.53. The molecule has 0 spiro atoms. The largest absolute Gasteiger partial charge is 0.394 e. The molecule has 0 saturated carbocycles. The van der Waals surface area contributed by atoms with Crippen LogP contribution in [0.25, 0.3) is 0 Å². The molecule has 5 N–H and O–H groups in total. The Bertz CT molecular complexity index is 646. The molecule has 25 heavy (non-hydrogen) atoms. The molecule has 5 atom stereocenters. The maximum absolute atomic E-state index is 11.1. The van der Waals surface area contributed by atoms with Crippen molar-refractivity contribution in [3.63, 3.8) is 0 Å². The monoisotopic (exact) mass is 359 g/mol. The van der Waals surface area contributed by atoms with Crippen LogP contribution in [0.2, 0.25) is 0 Å². The van der Waals surface area contributed by atoms with E-state index >= 15 is 0 Å². The Balaban J connectivity index is 2.36. The molecule has 2 rings (SSSR count). The van der Waals surface area contributed by atoms with Gasteiger partial charge in [-0.05, 0) is 6.92 Å². The quantitative estimate of drug-likeness (QED) is 0.323. The summed E-state index contributed by atoms with van der Waals surface area (Å²) in [5.74, 6) is 0. The van der Waals surface area contributed by atoms with Gasteiger partial charge in [0, 0.05) is 17.8 Å². The molecule has 12 nitrogen and oxygen atoms in total. The van der Waals surface area contributed by atoms with Crippen molar-refractivity contribution in [3.8, 4) is 0 Å². The Labute approximate surface area is 140 Å². The molecule has 0 aromatic heterocycles. The van der Waals surface area contributed by atoms with Gasteiger partial charge in [-0.2, -0.15) is 0 Å². The Morgan fingerprint density at radius 2 is 1.60 bits per heavy atom. The average Bonchev–Trinajstić information content (AvgIpc) is 2.56. The van der Waals surface area contributed by atoms with Gasteiger partial charge in [0.1, 0.15) is 30.0 Å². The first-order valence-electron chi connectivity index (χ1n) is 7.17. The fourth-order valence-corrected chi connectivity index (χ4v) is 2.53. The highest BCUT2D eigenvalue weighted by Crippen LogP contribution is 2.33. The Kier molecular flexibility index (Phi) is 5.49. The zero-order valence-electron chi connectivity index (χ0n) is 13.0. The van der Waals surface area contributed by atoms with E-state index in [1.54, 1.807) is 0 Å². The van der Waals surface area contributed by atoms with Crippen molar-refractivity contribution in [1.29, 1.82) is 0 Å². The molecule has 1 fully saturated rings. The summed E-state index contributed by atoms with van der Waals surface area (Å²) < 4.78 is 5.20. The number of benzene rings is 1. The molecule has 0 radical (unpaired) electrons. The Hall–Kier alpha value is -2.38. The van der Waals surface area contributed by atoms with Crippen molar-refractivity contribution in [2.24, 2.45) is 0 Å². The molecule has 1 aliphatic heterocycles. The first kappa shape index (κ1) is 19.0. The molecule has 12 heteroatoms. The molecule has 0 aliphatic carbocycles. The van der Waals surface area contributed by atoms with Crippen LogP contribution in [0, 0.1) is 27.2 Å². The smallest absolute Gasteiger partial charge is 0.281 e. The van der Waals surface area contributed by atoms with Gasteiger partial charge in [0.05, 0.1) is 16.5 Å². The zero-order chi connectivity index (χ0) is 18.9. The number of nitrogens with one attached hydrogen (secondary N) is 1. The molecule has 1 heterocycles. The van der Waals surface area contributed by atoms with E-state index in [1.165, 1.54) is 6.92 Å². The zero-order valence-corrected chi connectivity index (χ0v) is 13.0. The number of rotatable bonds is 5. The van der Waals surface area contributed by atoms with E-state index in [4.69, 9.17) is 9.84 Å². The molecule has 1 aromatic carbocycles. The third-order valence-corrected chi connectivity index (χ3v) is 3.95. The summed E-state index contributed by atoms with van der Waals surface area (Å²) in [6, 6.07) is 2.04. The molecular formula is C13H17N3O9. The standard InChI is InChI=1S/C13H17N3O9/c1-5-7(15(21)22)2-6(3-8(5)16(23)24)14-13-12(20)11(19)10(18)9(4-17)25-13/h2-3,9-14,17-20H,4H2,1H3. The highest BCUT2D eigenvalue weighted by Gasteiger charge is 2.43. The number of aliphatic hydroxyl groups excluding tert-OH is 4. The van der Waals surface area contributed by atoms with Gasteiger partial charge in [-0.3, -0.25) is 20.2 Å². The summed E-state index contributed by atoms with van der Waals surface area (Å²) in [5.41, 5.74) is -1.27. The predicted molar refractivity (Wildman–Crippen MR) is 81.9 cm³/mol. The summed E-state index contributed by atoms with van der Waals surface area (Å²) in [6.45, 7) is 0.575. The van der Waals surface area contributed by atoms with Gasteiger partial charge in [0.15, 0.2) is 6.23 Å². The van der Waals surface area contributed by atoms with Crippen molar-refractivity contribution < 1.29 is 35.0 Å². The number of nitro groups is 2. The minimum absolute atomic E-state index is 0.103. The van der Waals surface area contributed by atoms with Crippen LogP contribution >= 0.6 is 0 Å². The van der Waals surface area contributed by atoms with Crippen LogP contribution in [-0.4, -0.2) is 67.5 Å². The van der Waals surface area contributed by atoms with Crippen LogP contribution in [0.5, 0.6) is 0 Å². The van der Waals surface area contributed by atoms with E-state index in [-0.39, 0.29) is 11.3 Å². The van der Waals surface area contributed by atoms with Crippen LogP contribution in [0.1, 0.15) is 5.56 Å². The summed E-state index contributed by atoms with van der Waals surface area (Å²) in [4.78, 5) is 20.6. The SMILES string of the molecule is Cc1c([N+](=O)[O-])cc(NC2OC(CO)C(O)C(O)C2O)cc1[N+](=O)[O-]. The maximum atomic E-state index is 11.1. The third-order valence-electron chi connectivity index (χ3n) is 3.95.